The minimum atomic E-state index is 0.0322. The molecule has 1 unspecified atom stereocenters. The van der Waals surface area contributed by atoms with Crippen molar-refractivity contribution in [3.63, 3.8) is 0 Å². The van der Waals surface area contributed by atoms with Gasteiger partial charge in [-0.1, -0.05) is 30.3 Å². The molecule has 1 aromatic carbocycles. The van der Waals surface area contributed by atoms with Crippen molar-refractivity contribution in [2.45, 2.75) is 5.92 Å². The number of imidazole rings is 1. The van der Waals surface area contributed by atoms with Crippen molar-refractivity contribution in [1.29, 1.82) is 0 Å². The molecule has 0 radical (unpaired) electrons. The lowest BCUT2D eigenvalue weighted by Crippen LogP contribution is -2.19. The van der Waals surface area contributed by atoms with Gasteiger partial charge in [0.25, 0.3) is 0 Å². The topological polar surface area (TPSA) is 54.5 Å². The zero-order chi connectivity index (χ0) is 15.6. The Kier molecular flexibility index (Phi) is 3.39. The third-order valence-corrected chi connectivity index (χ3v) is 4.16. The van der Waals surface area contributed by atoms with Crippen molar-refractivity contribution >= 4 is 24.3 Å². The number of hydrogen-bond acceptors (Lipinski definition) is 3. The zero-order valence-corrected chi connectivity index (χ0v) is 12.8. The van der Waals surface area contributed by atoms with Crippen molar-refractivity contribution in [2.75, 3.05) is 0 Å². The molecule has 0 saturated carbocycles. The summed E-state index contributed by atoms with van der Waals surface area (Å²) in [5.74, 6) is 0.0322. The Hall–Kier alpha value is -2.95. The predicted molar refractivity (Wildman–Crippen MR) is 93.7 cm³/mol. The normalized spacial score (nSPS) is 12.3. The second-order valence-corrected chi connectivity index (χ2v) is 5.54. The van der Waals surface area contributed by atoms with Gasteiger partial charge in [0, 0.05) is 29.7 Å². The first-order valence-corrected chi connectivity index (χ1v) is 7.58. The number of nitrogens with one attached hydrogen (secondary N) is 1. The molecule has 0 bridgehead atoms. The standard InChI is InChI=1S/C18H15BN4/c19-18-14(7-3-9-22-18)16(15-10-20-11-23-15)13-6-1-4-12-5-2-8-21-17(12)13/h1-11,16H,19H2,(H,20,23). The summed E-state index contributed by atoms with van der Waals surface area (Å²) < 4.78 is 0. The van der Waals surface area contributed by atoms with E-state index < -0.39 is 0 Å². The van der Waals surface area contributed by atoms with Crippen LogP contribution < -0.4 is 5.59 Å². The first-order valence-electron chi connectivity index (χ1n) is 7.58. The van der Waals surface area contributed by atoms with Crippen LogP contribution in [0, 0.1) is 0 Å². The zero-order valence-electron chi connectivity index (χ0n) is 12.8. The van der Waals surface area contributed by atoms with Crippen molar-refractivity contribution in [3.05, 3.63) is 84.2 Å². The monoisotopic (exact) mass is 298 g/mol. The fourth-order valence-corrected chi connectivity index (χ4v) is 3.09. The molecular formula is C18H15BN4. The average Bonchev–Trinajstić information content (AvgIpc) is 3.11. The van der Waals surface area contributed by atoms with Gasteiger partial charge in [0.2, 0.25) is 0 Å². The van der Waals surface area contributed by atoms with Gasteiger partial charge in [-0.3, -0.25) is 9.97 Å². The van der Waals surface area contributed by atoms with Crippen LogP contribution in [0.15, 0.2) is 67.4 Å². The van der Waals surface area contributed by atoms with E-state index in [-0.39, 0.29) is 5.92 Å². The lowest BCUT2D eigenvalue weighted by atomic mass is 9.82. The van der Waals surface area contributed by atoms with E-state index in [0.29, 0.717) is 0 Å². The molecule has 0 saturated heterocycles. The van der Waals surface area contributed by atoms with Gasteiger partial charge < -0.3 is 4.98 Å². The Balaban J connectivity index is 2.01. The number of hydrogen-bond donors (Lipinski definition) is 1. The summed E-state index contributed by atoms with van der Waals surface area (Å²) in [7, 11) is 2.04. The van der Waals surface area contributed by atoms with Crippen molar-refractivity contribution < 1.29 is 0 Å². The summed E-state index contributed by atoms with van der Waals surface area (Å²) in [5.41, 5.74) is 5.38. The van der Waals surface area contributed by atoms with Gasteiger partial charge in [0.15, 0.2) is 7.85 Å². The smallest absolute Gasteiger partial charge is 0.164 e. The van der Waals surface area contributed by atoms with E-state index in [4.69, 9.17) is 0 Å². The van der Waals surface area contributed by atoms with E-state index in [1.165, 1.54) is 0 Å². The first kappa shape index (κ1) is 13.7. The van der Waals surface area contributed by atoms with Crippen LogP contribution in [0.1, 0.15) is 22.7 Å². The molecule has 4 nitrogen and oxygen atoms in total. The molecule has 0 aliphatic heterocycles. The molecule has 23 heavy (non-hydrogen) atoms. The van der Waals surface area contributed by atoms with Crippen LogP contribution in [0.2, 0.25) is 0 Å². The number of fused-ring (bicyclic) bond motifs is 1. The first-order chi connectivity index (χ1) is 11.3. The lowest BCUT2D eigenvalue weighted by Gasteiger charge is -2.19. The third-order valence-electron chi connectivity index (χ3n) is 4.16. The predicted octanol–water partition coefficient (Wildman–Crippen LogP) is 1.79. The average molecular weight is 298 g/mol. The molecule has 4 aromatic rings. The number of H-pyrrole nitrogens is 1. The number of para-hydroxylation sites is 1. The second kappa shape index (κ2) is 5.68. The second-order valence-electron chi connectivity index (χ2n) is 5.54. The highest BCUT2D eigenvalue weighted by Gasteiger charge is 2.22. The van der Waals surface area contributed by atoms with E-state index in [9.17, 15) is 0 Å². The van der Waals surface area contributed by atoms with Crippen LogP contribution in [-0.4, -0.2) is 27.8 Å². The summed E-state index contributed by atoms with van der Waals surface area (Å²) in [5, 5.41) is 1.14. The van der Waals surface area contributed by atoms with Gasteiger partial charge >= 0.3 is 0 Å². The number of rotatable bonds is 3. The lowest BCUT2D eigenvalue weighted by molar-refractivity contribution is 0.938. The van der Waals surface area contributed by atoms with Gasteiger partial charge in [0.1, 0.15) is 0 Å². The third kappa shape index (κ3) is 2.40. The Morgan fingerprint density at radius 3 is 2.52 bits per heavy atom. The molecule has 0 aliphatic rings. The summed E-state index contributed by atoms with van der Waals surface area (Å²) in [6.07, 6.45) is 7.25. The molecule has 3 aromatic heterocycles. The molecule has 1 N–H and O–H groups in total. The number of aromatic amines is 1. The van der Waals surface area contributed by atoms with Crippen LogP contribution in [0.3, 0.4) is 0 Å². The van der Waals surface area contributed by atoms with E-state index in [1.54, 1.807) is 6.33 Å². The van der Waals surface area contributed by atoms with Gasteiger partial charge in [-0.25, -0.2) is 4.98 Å². The maximum absolute atomic E-state index is 4.61. The molecule has 0 amide bonds. The molecule has 110 valence electrons. The molecule has 1 atom stereocenters. The molecule has 0 spiro atoms. The molecule has 4 rings (SSSR count). The Bertz CT molecular complexity index is 945. The number of benzene rings is 1. The quantitative estimate of drug-likeness (QED) is 0.587. The Labute approximate surface area is 135 Å². The van der Waals surface area contributed by atoms with Crippen molar-refractivity contribution in [2.24, 2.45) is 0 Å². The molecule has 0 aliphatic carbocycles. The maximum Gasteiger partial charge on any atom is 0.164 e. The van der Waals surface area contributed by atoms with Crippen LogP contribution >= 0.6 is 0 Å². The highest BCUT2D eigenvalue weighted by Crippen LogP contribution is 2.33. The van der Waals surface area contributed by atoms with Gasteiger partial charge in [-0.2, -0.15) is 0 Å². The molecule has 5 heteroatoms. The highest BCUT2D eigenvalue weighted by molar-refractivity contribution is 6.31. The van der Waals surface area contributed by atoms with Crippen LogP contribution in [0.4, 0.5) is 0 Å². The van der Waals surface area contributed by atoms with Crippen molar-refractivity contribution in [3.8, 4) is 0 Å². The Morgan fingerprint density at radius 1 is 0.913 bits per heavy atom. The SMILES string of the molecule is Bc1ncccc1C(c1cnc[nH]1)c1cccc2cccnc12. The number of pyridine rings is 2. The van der Waals surface area contributed by atoms with Crippen LogP contribution in [0.25, 0.3) is 10.9 Å². The summed E-state index contributed by atoms with van der Waals surface area (Å²) in [6, 6.07) is 14.5. The minimum Gasteiger partial charge on any atom is -0.348 e. The van der Waals surface area contributed by atoms with E-state index >= 15 is 0 Å². The van der Waals surface area contributed by atoms with Crippen molar-refractivity contribution in [1.82, 2.24) is 19.9 Å². The fourth-order valence-electron chi connectivity index (χ4n) is 3.09. The van der Waals surface area contributed by atoms with E-state index in [2.05, 4.69) is 50.3 Å². The summed E-state index contributed by atoms with van der Waals surface area (Å²) in [6.45, 7) is 0. The number of aromatic nitrogens is 4. The van der Waals surface area contributed by atoms with Crippen LogP contribution in [-0.2, 0) is 0 Å². The molecule has 0 fully saturated rings. The molecular weight excluding hydrogens is 283 g/mol. The molecule has 3 heterocycles. The minimum absolute atomic E-state index is 0.0322. The summed E-state index contributed by atoms with van der Waals surface area (Å²) in [4.78, 5) is 16.5. The fraction of sp³-hybridized carbons (Fsp3) is 0.0556. The number of nitrogens with zero attached hydrogens (tertiary/aromatic N) is 3. The van der Waals surface area contributed by atoms with E-state index in [1.807, 2.05) is 38.6 Å². The highest BCUT2D eigenvalue weighted by atomic mass is 14.9. The maximum atomic E-state index is 4.61. The Morgan fingerprint density at radius 2 is 1.70 bits per heavy atom. The van der Waals surface area contributed by atoms with Gasteiger partial charge in [0.05, 0.1) is 17.8 Å². The van der Waals surface area contributed by atoms with E-state index in [0.717, 1.165) is 33.3 Å². The summed E-state index contributed by atoms with van der Waals surface area (Å²) >= 11 is 0. The van der Waals surface area contributed by atoms with Gasteiger partial charge in [-0.15, -0.1) is 0 Å². The van der Waals surface area contributed by atoms with Gasteiger partial charge in [-0.05, 0) is 28.9 Å². The largest absolute Gasteiger partial charge is 0.348 e. The van der Waals surface area contributed by atoms with Crippen LogP contribution in [0.5, 0.6) is 0 Å².